The van der Waals surface area contributed by atoms with Gasteiger partial charge in [0.2, 0.25) is 0 Å². The van der Waals surface area contributed by atoms with Gasteiger partial charge in [0.1, 0.15) is 0 Å². The Labute approximate surface area is 81.1 Å². The molecule has 0 saturated carbocycles. The summed E-state index contributed by atoms with van der Waals surface area (Å²) < 4.78 is 0. The molecule has 0 heterocycles. The smallest absolute Gasteiger partial charge is 1.00 e. The fourth-order valence-corrected chi connectivity index (χ4v) is 0.851. The Morgan fingerprint density at radius 2 is 2.10 bits per heavy atom. The van der Waals surface area contributed by atoms with Gasteiger partial charge in [-0.05, 0) is 12.8 Å². The van der Waals surface area contributed by atoms with Crippen LogP contribution in [0.1, 0.15) is 36.0 Å². The molecule has 1 N–H and O–H groups in total. The molecule has 0 aliphatic heterocycles. The van der Waals surface area contributed by atoms with Gasteiger partial charge in [0.25, 0.3) is 0 Å². The molecule has 0 radical (unpaired) electrons. The van der Waals surface area contributed by atoms with Crippen LogP contribution in [-0.4, -0.2) is 34.1 Å². The standard InChI is InChI=1S/C7H14O2.Mg.2H/c1-3-5-6(4-2)7(8)9;;;/h6H,3-5H2,1-2H3,(H,8,9);;;/q;+2;2*-1. The van der Waals surface area contributed by atoms with E-state index in [-0.39, 0.29) is 31.8 Å². The van der Waals surface area contributed by atoms with E-state index in [0.29, 0.717) is 0 Å². The van der Waals surface area contributed by atoms with E-state index >= 15 is 0 Å². The molecule has 0 aliphatic rings. The Morgan fingerprint density at radius 3 is 2.20 bits per heavy atom. The van der Waals surface area contributed by atoms with Crippen molar-refractivity contribution in [2.45, 2.75) is 33.1 Å². The van der Waals surface area contributed by atoms with Crippen molar-refractivity contribution >= 4 is 29.0 Å². The number of rotatable bonds is 4. The Hall–Kier alpha value is 0.236. The second-order valence-electron chi connectivity index (χ2n) is 2.23. The van der Waals surface area contributed by atoms with Crippen molar-refractivity contribution in [3.8, 4) is 0 Å². The third-order valence-electron chi connectivity index (χ3n) is 1.48. The monoisotopic (exact) mass is 156 g/mol. The van der Waals surface area contributed by atoms with Crippen LogP contribution in [0.5, 0.6) is 0 Å². The summed E-state index contributed by atoms with van der Waals surface area (Å²) >= 11 is 0. The number of aliphatic carboxylic acids is 1. The number of carboxylic acids is 1. The van der Waals surface area contributed by atoms with Crippen LogP contribution < -0.4 is 0 Å². The zero-order chi connectivity index (χ0) is 7.28. The van der Waals surface area contributed by atoms with Crippen LogP contribution >= 0.6 is 0 Å². The maximum atomic E-state index is 10.3. The first-order valence-corrected chi connectivity index (χ1v) is 3.45. The molecule has 1 atom stereocenters. The van der Waals surface area contributed by atoms with E-state index in [0.717, 1.165) is 19.3 Å². The summed E-state index contributed by atoms with van der Waals surface area (Å²) in [4.78, 5) is 10.3. The average Bonchev–Trinajstić information content (AvgIpc) is 1.82. The van der Waals surface area contributed by atoms with E-state index in [4.69, 9.17) is 5.11 Å². The summed E-state index contributed by atoms with van der Waals surface area (Å²) in [7, 11) is 0. The minimum absolute atomic E-state index is 0. The van der Waals surface area contributed by atoms with Gasteiger partial charge in [-0.3, -0.25) is 4.79 Å². The van der Waals surface area contributed by atoms with Crippen LogP contribution in [0.2, 0.25) is 0 Å². The molecule has 0 saturated heterocycles. The summed E-state index contributed by atoms with van der Waals surface area (Å²) in [5.41, 5.74) is 0. The second-order valence-corrected chi connectivity index (χ2v) is 2.23. The van der Waals surface area contributed by atoms with Gasteiger partial charge in [0.15, 0.2) is 0 Å². The van der Waals surface area contributed by atoms with Crippen LogP contribution in [0.25, 0.3) is 0 Å². The fraction of sp³-hybridized carbons (Fsp3) is 0.857. The minimum Gasteiger partial charge on any atom is -1.00 e. The van der Waals surface area contributed by atoms with E-state index in [9.17, 15) is 4.79 Å². The molecule has 2 nitrogen and oxygen atoms in total. The van der Waals surface area contributed by atoms with Gasteiger partial charge >= 0.3 is 29.0 Å². The minimum atomic E-state index is -0.653. The molecule has 0 aromatic heterocycles. The molecule has 0 bridgehead atoms. The third-order valence-corrected chi connectivity index (χ3v) is 1.48. The molecule has 10 heavy (non-hydrogen) atoms. The first kappa shape index (κ1) is 12.9. The molecular formula is C7H16MgO2. The van der Waals surface area contributed by atoms with Gasteiger partial charge in [-0.15, -0.1) is 0 Å². The summed E-state index contributed by atoms with van der Waals surface area (Å²) in [6.45, 7) is 3.92. The molecular weight excluding hydrogens is 140 g/mol. The molecule has 58 valence electrons. The molecule has 1 unspecified atom stereocenters. The Balaban J connectivity index is -0.000000107. The molecule has 0 amide bonds. The predicted molar refractivity (Wildman–Crippen MR) is 44.3 cm³/mol. The van der Waals surface area contributed by atoms with E-state index in [1.807, 2.05) is 13.8 Å². The number of hydrogen-bond acceptors (Lipinski definition) is 1. The van der Waals surface area contributed by atoms with Gasteiger partial charge < -0.3 is 7.96 Å². The maximum absolute atomic E-state index is 10.3. The van der Waals surface area contributed by atoms with Crippen LogP contribution in [0.15, 0.2) is 0 Å². The van der Waals surface area contributed by atoms with Crippen molar-refractivity contribution in [2.75, 3.05) is 0 Å². The number of carbonyl (C=O) groups is 1. The van der Waals surface area contributed by atoms with Crippen molar-refractivity contribution < 1.29 is 12.8 Å². The van der Waals surface area contributed by atoms with E-state index in [1.54, 1.807) is 0 Å². The third kappa shape index (κ3) is 5.06. The Morgan fingerprint density at radius 1 is 1.60 bits per heavy atom. The van der Waals surface area contributed by atoms with Crippen molar-refractivity contribution in [1.29, 1.82) is 0 Å². The van der Waals surface area contributed by atoms with Crippen LogP contribution in [0.4, 0.5) is 0 Å². The van der Waals surface area contributed by atoms with Gasteiger partial charge in [0, 0.05) is 0 Å². The van der Waals surface area contributed by atoms with Gasteiger partial charge in [-0.2, -0.15) is 0 Å². The van der Waals surface area contributed by atoms with Crippen molar-refractivity contribution in [3.05, 3.63) is 0 Å². The Bertz CT molecular complexity index is 101. The van der Waals surface area contributed by atoms with Crippen molar-refractivity contribution in [2.24, 2.45) is 5.92 Å². The van der Waals surface area contributed by atoms with E-state index < -0.39 is 5.97 Å². The first-order valence-electron chi connectivity index (χ1n) is 3.45. The zero-order valence-electron chi connectivity index (χ0n) is 8.76. The predicted octanol–water partition coefficient (Wildman–Crippen LogP) is 1.74. The number of carboxylic acid groups (broad SMARTS) is 1. The number of hydrogen-bond donors (Lipinski definition) is 1. The van der Waals surface area contributed by atoms with Crippen molar-refractivity contribution in [3.63, 3.8) is 0 Å². The van der Waals surface area contributed by atoms with Crippen molar-refractivity contribution in [1.82, 2.24) is 0 Å². The summed E-state index contributed by atoms with van der Waals surface area (Å²) in [5.74, 6) is -0.769. The molecule has 0 aromatic carbocycles. The summed E-state index contributed by atoms with van der Waals surface area (Å²) in [5, 5.41) is 8.50. The molecule has 0 spiro atoms. The van der Waals surface area contributed by atoms with E-state index in [2.05, 4.69) is 0 Å². The Kier molecular flexibility index (Phi) is 9.45. The molecule has 0 rings (SSSR count). The first-order chi connectivity index (χ1) is 4.22. The van der Waals surface area contributed by atoms with Gasteiger partial charge in [-0.1, -0.05) is 20.3 Å². The summed E-state index contributed by atoms with van der Waals surface area (Å²) in [6.07, 6.45) is 2.53. The average molecular weight is 157 g/mol. The SMILES string of the molecule is CCCC(CC)C(=O)O.[H-].[H-].[Mg+2]. The quantitative estimate of drug-likeness (QED) is 0.630. The van der Waals surface area contributed by atoms with Crippen LogP contribution in [0.3, 0.4) is 0 Å². The molecule has 0 aromatic rings. The zero-order valence-corrected chi connectivity index (χ0v) is 8.18. The molecule has 0 fully saturated rings. The largest absolute Gasteiger partial charge is 2.00 e. The van der Waals surface area contributed by atoms with E-state index in [1.165, 1.54) is 0 Å². The maximum Gasteiger partial charge on any atom is 2.00 e. The normalized spacial score (nSPS) is 11.8. The molecule has 0 aliphatic carbocycles. The molecule has 3 heteroatoms. The van der Waals surface area contributed by atoms with Gasteiger partial charge in [0.05, 0.1) is 5.92 Å². The fourth-order valence-electron chi connectivity index (χ4n) is 0.851. The van der Waals surface area contributed by atoms with Crippen LogP contribution in [0, 0.1) is 5.92 Å². The van der Waals surface area contributed by atoms with Gasteiger partial charge in [-0.25, -0.2) is 0 Å². The van der Waals surface area contributed by atoms with Crippen LogP contribution in [-0.2, 0) is 4.79 Å². The topological polar surface area (TPSA) is 37.3 Å². The second kappa shape index (κ2) is 7.34. The summed E-state index contributed by atoms with van der Waals surface area (Å²) in [6, 6.07) is 0.